The van der Waals surface area contributed by atoms with Crippen LogP contribution in [0.3, 0.4) is 0 Å². The molecule has 6 heteroatoms. The van der Waals surface area contributed by atoms with E-state index in [1.807, 2.05) is 31.2 Å². The molecule has 2 aromatic rings. The molecule has 1 N–H and O–H groups in total. The maximum atomic E-state index is 11.9. The summed E-state index contributed by atoms with van der Waals surface area (Å²) in [6, 6.07) is 7.38. The second-order valence-electron chi connectivity index (χ2n) is 4.40. The van der Waals surface area contributed by atoms with E-state index in [1.54, 1.807) is 5.38 Å². The molecule has 0 atom stereocenters. The lowest BCUT2D eigenvalue weighted by Crippen LogP contribution is -2.14. The van der Waals surface area contributed by atoms with Gasteiger partial charge in [0.25, 0.3) is 0 Å². The van der Waals surface area contributed by atoms with Gasteiger partial charge in [0.05, 0.1) is 13.0 Å². The van der Waals surface area contributed by atoms with Crippen molar-refractivity contribution in [1.29, 1.82) is 0 Å². The van der Waals surface area contributed by atoms with Crippen LogP contribution in [0.1, 0.15) is 29.9 Å². The van der Waals surface area contributed by atoms with Crippen molar-refractivity contribution in [3.63, 3.8) is 0 Å². The third-order valence-electron chi connectivity index (χ3n) is 2.71. The predicted octanol–water partition coefficient (Wildman–Crippen LogP) is 2.93. The van der Waals surface area contributed by atoms with Crippen LogP contribution in [0.15, 0.2) is 29.6 Å². The van der Waals surface area contributed by atoms with Crippen molar-refractivity contribution in [3.8, 4) is 5.75 Å². The largest absolute Gasteiger partial charge is 0.494 e. The van der Waals surface area contributed by atoms with Crippen molar-refractivity contribution in [2.24, 2.45) is 0 Å². The Labute approximate surface area is 127 Å². The SMILES string of the molecule is CCOc1ccc(CC(=O)Nc2nc(C(C)=O)cs2)cc1. The molecule has 110 valence electrons. The summed E-state index contributed by atoms with van der Waals surface area (Å²) in [5.74, 6) is 0.509. The first-order valence-electron chi connectivity index (χ1n) is 6.56. The van der Waals surface area contributed by atoms with Crippen LogP contribution in [0.25, 0.3) is 0 Å². The molecule has 0 saturated heterocycles. The molecule has 0 aliphatic carbocycles. The topological polar surface area (TPSA) is 68.3 Å². The second kappa shape index (κ2) is 6.99. The van der Waals surface area contributed by atoms with Crippen LogP contribution in [0.2, 0.25) is 0 Å². The van der Waals surface area contributed by atoms with Gasteiger partial charge in [0.15, 0.2) is 10.9 Å². The van der Waals surface area contributed by atoms with Crippen LogP contribution in [0.5, 0.6) is 5.75 Å². The van der Waals surface area contributed by atoms with E-state index in [9.17, 15) is 9.59 Å². The van der Waals surface area contributed by atoms with Crippen molar-refractivity contribution in [1.82, 2.24) is 4.98 Å². The molecule has 0 bridgehead atoms. The van der Waals surface area contributed by atoms with Gasteiger partial charge in [0.1, 0.15) is 11.4 Å². The van der Waals surface area contributed by atoms with E-state index >= 15 is 0 Å². The number of aromatic nitrogens is 1. The summed E-state index contributed by atoms with van der Waals surface area (Å²) >= 11 is 1.24. The maximum Gasteiger partial charge on any atom is 0.230 e. The van der Waals surface area contributed by atoms with Crippen LogP contribution in [0, 0.1) is 0 Å². The Morgan fingerprint density at radius 2 is 2.00 bits per heavy atom. The van der Waals surface area contributed by atoms with Gasteiger partial charge in [-0.1, -0.05) is 12.1 Å². The van der Waals surface area contributed by atoms with Crippen LogP contribution < -0.4 is 10.1 Å². The smallest absolute Gasteiger partial charge is 0.230 e. The Hall–Kier alpha value is -2.21. The zero-order chi connectivity index (χ0) is 15.2. The van der Waals surface area contributed by atoms with Gasteiger partial charge in [-0.3, -0.25) is 9.59 Å². The Balaban J connectivity index is 1.92. The van der Waals surface area contributed by atoms with E-state index < -0.39 is 0 Å². The number of rotatable bonds is 6. The van der Waals surface area contributed by atoms with Crippen LogP contribution in [-0.2, 0) is 11.2 Å². The van der Waals surface area contributed by atoms with Gasteiger partial charge in [-0.25, -0.2) is 4.98 Å². The lowest BCUT2D eigenvalue weighted by Gasteiger charge is -2.05. The predicted molar refractivity (Wildman–Crippen MR) is 82.1 cm³/mol. The fraction of sp³-hybridized carbons (Fsp3) is 0.267. The van der Waals surface area contributed by atoms with E-state index in [0.29, 0.717) is 17.4 Å². The zero-order valence-electron chi connectivity index (χ0n) is 11.9. The molecule has 0 spiro atoms. The Bertz CT molecular complexity index is 635. The summed E-state index contributed by atoms with van der Waals surface area (Å²) < 4.78 is 5.35. The molecule has 1 aromatic carbocycles. The van der Waals surface area contributed by atoms with Crippen LogP contribution in [0.4, 0.5) is 5.13 Å². The number of ether oxygens (including phenoxy) is 1. The number of carbonyl (C=O) groups excluding carboxylic acids is 2. The number of carbonyl (C=O) groups is 2. The lowest BCUT2D eigenvalue weighted by atomic mass is 10.1. The van der Waals surface area contributed by atoms with E-state index in [4.69, 9.17) is 4.74 Å². The number of Topliss-reactive ketones (excluding diaryl/α,β-unsaturated/α-hetero) is 1. The molecule has 0 aliphatic heterocycles. The van der Waals surface area contributed by atoms with Crippen molar-refractivity contribution < 1.29 is 14.3 Å². The van der Waals surface area contributed by atoms with Crippen molar-refractivity contribution in [3.05, 3.63) is 40.9 Å². The molecule has 0 aliphatic rings. The van der Waals surface area contributed by atoms with E-state index in [1.165, 1.54) is 18.3 Å². The van der Waals surface area contributed by atoms with Gasteiger partial charge in [0.2, 0.25) is 5.91 Å². The third-order valence-corrected chi connectivity index (χ3v) is 3.47. The molecular weight excluding hydrogens is 288 g/mol. The van der Waals surface area contributed by atoms with Gasteiger partial charge in [-0.15, -0.1) is 11.3 Å². The molecule has 0 fully saturated rings. The number of amides is 1. The van der Waals surface area contributed by atoms with Crippen molar-refractivity contribution >= 4 is 28.2 Å². The van der Waals surface area contributed by atoms with Gasteiger partial charge in [-0.2, -0.15) is 0 Å². The minimum atomic E-state index is -0.163. The molecule has 21 heavy (non-hydrogen) atoms. The lowest BCUT2D eigenvalue weighted by molar-refractivity contribution is -0.115. The van der Waals surface area contributed by atoms with Crippen molar-refractivity contribution in [2.75, 3.05) is 11.9 Å². The minimum Gasteiger partial charge on any atom is -0.494 e. The van der Waals surface area contributed by atoms with E-state index in [-0.39, 0.29) is 18.1 Å². The number of nitrogens with zero attached hydrogens (tertiary/aromatic N) is 1. The molecular formula is C15H16N2O3S. The minimum absolute atomic E-state index is 0.113. The number of nitrogens with one attached hydrogen (secondary N) is 1. The summed E-state index contributed by atoms with van der Waals surface area (Å²) in [6.45, 7) is 3.98. The Morgan fingerprint density at radius 1 is 1.29 bits per heavy atom. The molecule has 1 aromatic heterocycles. The average molecular weight is 304 g/mol. The van der Waals surface area contributed by atoms with Gasteiger partial charge in [0, 0.05) is 12.3 Å². The van der Waals surface area contributed by atoms with Gasteiger partial charge < -0.3 is 10.1 Å². The van der Waals surface area contributed by atoms with Crippen LogP contribution >= 0.6 is 11.3 Å². The molecule has 0 radical (unpaired) electrons. The third kappa shape index (κ3) is 4.39. The number of ketones is 1. The first-order chi connectivity index (χ1) is 10.1. The molecule has 0 unspecified atom stereocenters. The second-order valence-corrected chi connectivity index (χ2v) is 5.25. The quantitative estimate of drug-likeness (QED) is 0.833. The van der Waals surface area contributed by atoms with Gasteiger partial charge >= 0.3 is 0 Å². The molecule has 1 amide bonds. The summed E-state index contributed by atoms with van der Waals surface area (Å²) in [5.41, 5.74) is 1.26. The fourth-order valence-corrected chi connectivity index (χ4v) is 2.48. The summed E-state index contributed by atoms with van der Waals surface area (Å²) in [7, 11) is 0. The molecule has 2 rings (SSSR count). The van der Waals surface area contributed by atoms with E-state index in [2.05, 4.69) is 10.3 Å². The highest BCUT2D eigenvalue weighted by molar-refractivity contribution is 7.14. The summed E-state index contributed by atoms with van der Waals surface area (Å²) in [5, 5.41) is 4.77. The normalized spacial score (nSPS) is 10.2. The number of hydrogen-bond acceptors (Lipinski definition) is 5. The first-order valence-corrected chi connectivity index (χ1v) is 7.44. The van der Waals surface area contributed by atoms with E-state index in [0.717, 1.165) is 11.3 Å². The maximum absolute atomic E-state index is 11.9. The fourth-order valence-electron chi connectivity index (χ4n) is 1.71. The number of hydrogen-bond donors (Lipinski definition) is 1. The van der Waals surface area contributed by atoms with Crippen molar-refractivity contribution in [2.45, 2.75) is 20.3 Å². The highest BCUT2D eigenvalue weighted by Crippen LogP contribution is 2.17. The first kappa shape index (κ1) is 15.2. The Kier molecular flexibility index (Phi) is 5.05. The Morgan fingerprint density at radius 3 is 2.57 bits per heavy atom. The van der Waals surface area contributed by atoms with Gasteiger partial charge in [-0.05, 0) is 24.6 Å². The average Bonchev–Trinajstić information content (AvgIpc) is 2.90. The summed E-state index contributed by atoms with van der Waals surface area (Å²) in [4.78, 5) is 27.1. The molecule has 5 nitrogen and oxygen atoms in total. The number of benzene rings is 1. The zero-order valence-corrected chi connectivity index (χ0v) is 12.7. The number of thiazole rings is 1. The molecule has 0 saturated carbocycles. The molecule has 1 heterocycles. The van der Waals surface area contributed by atoms with Crippen LogP contribution in [-0.4, -0.2) is 23.3 Å². The highest BCUT2D eigenvalue weighted by atomic mass is 32.1. The monoisotopic (exact) mass is 304 g/mol. The number of anilines is 1. The standard InChI is InChI=1S/C15H16N2O3S/c1-3-20-12-6-4-11(5-7-12)8-14(19)17-15-16-13(9-21-15)10(2)18/h4-7,9H,3,8H2,1-2H3,(H,16,17,19). The highest BCUT2D eigenvalue weighted by Gasteiger charge is 2.09. The summed E-state index contributed by atoms with van der Waals surface area (Å²) in [6.07, 6.45) is 0.251.